The molecule has 1 atom stereocenters. The fraction of sp³-hybridized carbons (Fsp3) is 0.778. The Morgan fingerprint density at radius 2 is 2.38 bits per heavy atom. The van der Waals surface area contributed by atoms with E-state index in [0.29, 0.717) is 12.5 Å². The van der Waals surface area contributed by atoms with Gasteiger partial charge < -0.3 is 5.73 Å². The van der Waals surface area contributed by atoms with E-state index in [1.807, 2.05) is 4.68 Å². The average Bonchev–Trinajstić information content (AvgIpc) is 2.54. The SMILES string of the molecule is CCCn1ncnc1CC(C)CN. The first kappa shape index (κ1) is 10.2. The van der Waals surface area contributed by atoms with Gasteiger partial charge in [0.2, 0.25) is 0 Å². The van der Waals surface area contributed by atoms with Crippen molar-refractivity contribution in [1.82, 2.24) is 14.8 Å². The molecule has 0 fully saturated rings. The van der Waals surface area contributed by atoms with Crippen molar-refractivity contribution in [2.75, 3.05) is 6.54 Å². The maximum atomic E-state index is 5.56. The van der Waals surface area contributed by atoms with Gasteiger partial charge in [0.05, 0.1) is 0 Å². The highest BCUT2D eigenvalue weighted by molar-refractivity contribution is 4.86. The van der Waals surface area contributed by atoms with Gasteiger partial charge in [0.1, 0.15) is 12.2 Å². The molecule has 1 unspecified atom stereocenters. The van der Waals surface area contributed by atoms with E-state index in [9.17, 15) is 0 Å². The summed E-state index contributed by atoms with van der Waals surface area (Å²) in [5.41, 5.74) is 5.56. The topological polar surface area (TPSA) is 56.7 Å². The zero-order valence-electron chi connectivity index (χ0n) is 8.40. The zero-order chi connectivity index (χ0) is 9.68. The van der Waals surface area contributed by atoms with Crippen molar-refractivity contribution in [2.24, 2.45) is 11.7 Å². The van der Waals surface area contributed by atoms with E-state index in [0.717, 1.165) is 25.2 Å². The molecule has 4 nitrogen and oxygen atoms in total. The number of nitrogens with zero attached hydrogens (tertiary/aromatic N) is 3. The van der Waals surface area contributed by atoms with E-state index < -0.39 is 0 Å². The molecule has 0 bridgehead atoms. The molecule has 0 aliphatic carbocycles. The lowest BCUT2D eigenvalue weighted by atomic mass is 10.1. The normalized spacial score (nSPS) is 13.2. The van der Waals surface area contributed by atoms with E-state index in [1.165, 1.54) is 0 Å². The lowest BCUT2D eigenvalue weighted by Gasteiger charge is -2.08. The van der Waals surface area contributed by atoms with Gasteiger partial charge >= 0.3 is 0 Å². The van der Waals surface area contributed by atoms with Crippen LogP contribution < -0.4 is 5.73 Å². The van der Waals surface area contributed by atoms with Crippen molar-refractivity contribution in [3.05, 3.63) is 12.2 Å². The van der Waals surface area contributed by atoms with Gasteiger partial charge in [-0.15, -0.1) is 0 Å². The van der Waals surface area contributed by atoms with Crippen LogP contribution in [-0.4, -0.2) is 21.3 Å². The third kappa shape index (κ3) is 2.81. The molecule has 13 heavy (non-hydrogen) atoms. The molecular weight excluding hydrogens is 164 g/mol. The Balaban J connectivity index is 2.59. The van der Waals surface area contributed by atoms with Crippen LogP contribution in [0.25, 0.3) is 0 Å². The number of nitrogens with two attached hydrogens (primary N) is 1. The first-order chi connectivity index (χ1) is 6.27. The van der Waals surface area contributed by atoms with Crippen LogP contribution in [0.2, 0.25) is 0 Å². The second-order valence-electron chi connectivity index (χ2n) is 3.44. The lowest BCUT2D eigenvalue weighted by molar-refractivity contribution is 0.513. The fourth-order valence-electron chi connectivity index (χ4n) is 1.24. The highest BCUT2D eigenvalue weighted by Crippen LogP contribution is 2.04. The predicted octanol–water partition coefficient (Wildman–Crippen LogP) is 0.825. The summed E-state index contributed by atoms with van der Waals surface area (Å²) < 4.78 is 1.96. The van der Waals surface area contributed by atoms with Crippen molar-refractivity contribution in [3.8, 4) is 0 Å². The quantitative estimate of drug-likeness (QED) is 0.733. The number of hydrogen-bond donors (Lipinski definition) is 1. The van der Waals surface area contributed by atoms with E-state index in [4.69, 9.17) is 5.73 Å². The third-order valence-corrected chi connectivity index (χ3v) is 2.06. The molecule has 1 rings (SSSR count). The van der Waals surface area contributed by atoms with Crippen molar-refractivity contribution in [2.45, 2.75) is 33.2 Å². The van der Waals surface area contributed by atoms with Gasteiger partial charge in [-0.2, -0.15) is 5.10 Å². The molecule has 0 saturated heterocycles. The molecule has 0 amide bonds. The van der Waals surface area contributed by atoms with Crippen molar-refractivity contribution in [3.63, 3.8) is 0 Å². The second kappa shape index (κ2) is 4.97. The minimum Gasteiger partial charge on any atom is -0.330 e. The predicted molar refractivity (Wildman–Crippen MR) is 52.2 cm³/mol. The zero-order valence-corrected chi connectivity index (χ0v) is 8.40. The maximum Gasteiger partial charge on any atom is 0.138 e. The number of rotatable bonds is 5. The van der Waals surface area contributed by atoms with Crippen LogP contribution in [-0.2, 0) is 13.0 Å². The van der Waals surface area contributed by atoms with E-state index in [-0.39, 0.29) is 0 Å². The molecule has 1 heterocycles. The Morgan fingerprint density at radius 1 is 1.62 bits per heavy atom. The molecule has 1 aromatic rings. The number of aromatic nitrogens is 3. The summed E-state index contributed by atoms with van der Waals surface area (Å²) in [7, 11) is 0. The summed E-state index contributed by atoms with van der Waals surface area (Å²) in [6, 6.07) is 0. The highest BCUT2D eigenvalue weighted by atomic mass is 15.3. The summed E-state index contributed by atoms with van der Waals surface area (Å²) in [5.74, 6) is 1.54. The van der Waals surface area contributed by atoms with E-state index in [1.54, 1.807) is 6.33 Å². The fourth-order valence-corrected chi connectivity index (χ4v) is 1.24. The van der Waals surface area contributed by atoms with Crippen LogP contribution in [0.4, 0.5) is 0 Å². The summed E-state index contributed by atoms with van der Waals surface area (Å²) in [4.78, 5) is 4.22. The largest absolute Gasteiger partial charge is 0.330 e. The Hall–Kier alpha value is -0.900. The summed E-state index contributed by atoms with van der Waals surface area (Å²) in [5, 5.41) is 4.16. The first-order valence-corrected chi connectivity index (χ1v) is 4.84. The van der Waals surface area contributed by atoms with Crippen LogP contribution in [0, 0.1) is 5.92 Å². The van der Waals surface area contributed by atoms with Gasteiger partial charge in [-0.1, -0.05) is 13.8 Å². The molecular formula is C9H18N4. The minimum atomic E-state index is 0.486. The molecule has 0 aliphatic heterocycles. The van der Waals surface area contributed by atoms with Gasteiger partial charge in [-0.3, -0.25) is 4.68 Å². The summed E-state index contributed by atoms with van der Waals surface area (Å²) in [6.45, 7) is 5.92. The minimum absolute atomic E-state index is 0.486. The van der Waals surface area contributed by atoms with Crippen LogP contribution >= 0.6 is 0 Å². The molecule has 0 saturated carbocycles. The van der Waals surface area contributed by atoms with Gasteiger partial charge in [0.15, 0.2) is 0 Å². The molecule has 0 aromatic carbocycles. The average molecular weight is 182 g/mol. The lowest BCUT2D eigenvalue weighted by Crippen LogP contribution is -2.16. The van der Waals surface area contributed by atoms with Gasteiger partial charge in [0, 0.05) is 13.0 Å². The first-order valence-electron chi connectivity index (χ1n) is 4.84. The Morgan fingerprint density at radius 3 is 3.00 bits per heavy atom. The highest BCUT2D eigenvalue weighted by Gasteiger charge is 2.07. The molecule has 1 aromatic heterocycles. The molecule has 0 aliphatic rings. The van der Waals surface area contributed by atoms with Gasteiger partial charge in [-0.25, -0.2) is 4.98 Å². The standard InChI is InChI=1S/C9H18N4/c1-3-4-13-9(11-7-12-13)5-8(2)6-10/h7-8H,3-6,10H2,1-2H3. The molecule has 2 N–H and O–H groups in total. The van der Waals surface area contributed by atoms with Crippen LogP contribution in [0.3, 0.4) is 0 Å². The van der Waals surface area contributed by atoms with Gasteiger partial charge in [-0.05, 0) is 18.9 Å². The smallest absolute Gasteiger partial charge is 0.138 e. The molecule has 4 heteroatoms. The Labute approximate surface area is 79.2 Å². The maximum absolute atomic E-state index is 5.56. The summed E-state index contributed by atoms with van der Waals surface area (Å²) >= 11 is 0. The van der Waals surface area contributed by atoms with Crippen LogP contribution in [0.15, 0.2) is 6.33 Å². The van der Waals surface area contributed by atoms with Crippen molar-refractivity contribution >= 4 is 0 Å². The number of hydrogen-bond acceptors (Lipinski definition) is 3. The number of aryl methyl sites for hydroxylation is 1. The van der Waals surface area contributed by atoms with Crippen LogP contribution in [0.1, 0.15) is 26.1 Å². The van der Waals surface area contributed by atoms with Crippen molar-refractivity contribution in [1.29, 1.82) is 0 Å². The van der Waals surface area contributed by atoms with Gasteiger partial charge in [0.25, 0.3) is 0 Å². The monoisotopic (exact) mass is 182 g/mol. The molecule has 0 spiro atoms. The Bertz CT molecular complexity index is 244. The van der Waals surface area contributed by atoms with Crippen LogP contribution in [0.5, 0.6) is 0 Å². The molecule has 74 valence electrons. The summed E-state index contributed by atoms with van der Waals surface area (Å²) in [6.07, 6.45) is 3.64. The second-order valence-corrected chi connectivity index (χ2v) is 3.44. The van der Waals surface area contributed by atoms with Crippen molar-refractivity contribution < 1.29 is 0 Å². The molecule has 0 radical (unpaired) electrons. The third-order valence-electron chi connectivity index (χ3n) is 2.06. The Kier molecular flexibility index (Phi) is 3.89. The van der Waals surface area contributed by atoms with E-state index in [2.05, 4.69) is 23.9 Å². The van der Waals surface area contributed by atoms with E-state index >= 15 is 0 Å².